The maximum atomic E-state index is 12.7. The smallest absolute Gasteiger partial charge is 0.397 e. The molecular formula is C18H25F3N6. The van der Waals surface area contributed by atoms with Gasteiger partial charge in [0.05, 0.1) is 22.6 Å². The minimum absolute atomic E-state index is 0.179. The highest BCUT2D eigenvalue weighted by atomic mass is 19.4. The normalized spacial score (nSPS) is 15.1. The van der Waals surface area contributed by atoms with Crippen molar-refractivity contribution in [3.05, 3.63) is 29.3 Å². The van der Waals surface area contributed by atoms with E-state index in [1.54, 1.807) is 13.0 Å². The maximum Gasteiger partial charge on any atom is 0.418 e. The van der Waals surface area contributed by atoms with Crippen LogP contribution in [0.3, 0.4) is 0 Å². The molecule has 0 spiro atoms. The zero-order valence-electron chi connectivity index (χ0n) is 15.5. The quantitative estimate of drug-likeness (QED) is 0.653. The van der Waals surface area contributed by atoms with Crippen LogP contribution in [0.2, 0.25) is 0 Å². The van der Waals surface area contributed by atoms with E-state index in [4.69, 9.17) is 17.2 Å². The number of hydrogen-bond donors (Lipinski definition) is 3. The van der Waals surface area contributed by atoms with Crippen LogP contribution in [-0.4, -0.2) is 35.2 Å². The first-order valence-electron chi connectivity index (χ1n) is 8.65. The van der Waals surface area contributed by atoms with Crippen LogP contribution in [0.5, 0.6) is 0 Å². The highest BCUT2D eigenvalue weighted by Crippen LogP contribution is 2.40. The minimum Gasteiger partial charge on any atom is -0.397 e. The summed E-state index contributed by atoms with van der Waals surface area (Å²) in [7, 11) is 2.19. The molecule has 1 aliphatic heterocycles. The number of piperidine rings is 1. The van der Waals surface area contributed by atoms with Crippen molar-refractivity contribution in [2.75, 3.05) is 37.3 Å². The largest absolute Gasteiger partial charge is 0.418 e. The van der Waals surface area contributed by atoms with Gasteiger partial charge in [-0.3, -0.25) is 0 Å². The van der Waals surface area contributed by atoms with Gasteiger partial charge in [-0.1, -0.05) is 6.42 Å². The Morgan fingerprint density at radius 1 is 0.963 bits per heavy atom. The molecule has 0 saturated carbocycles. The van der Waals surface area contributed by atoms with E-state index in [0.29, 0.717) is 16.8 Å². The lowest BCUT2D eigenvalue weighted by Crippen LogP contribution is -2.24. The van der Waals surface area contributed by atoms with Crippen molar-refractivity contribution >= 4 is 17.2 Å². The Morgan fingerprint density at radius 2 is 1.59 bits per heavy atom. The van der Waals surface area contributed by atoms with Gasteiger partial charge in [0.1, 0.15) is 5.82 Å². The average molecular weight is 382 g/mol. The van der Waals surface area contributed by atoms with E-state index in [1.807, 2.05) is 0 Å². The van der Waals surface area contributed by atoms with Crippen LogP contribution in [0.1, 0.15) is 30.4 Å². The van der Waals surface area contributed by atoms with Gasteiger partial charge in [-0.25, -0.2) is 0 Å². The van der Waals surface area contributed by atoms with Crippen LogP contribution in [0.15, 0.2) is 18.2 Å². The summed E-state index contributed by atoms with van der Waals surface area (Å²) in [5, 5.41) is 7.52. The second-order valence-electron chi connectivity index (χ2n) is 6.65. The summed E-state index contributed by atoms with van der Waals surface area (Å²) in [4.78, 5) is 2.39. The second kappa shape index (κ2) is 8.43. The summed E-state index contributed by atoms with van der Waals surface area (Å²) in [5.74, 6) is 0.213. The number of nitrogens with two attached hydrogens (primary N) is 3. The first-order valence-corrected chi connectivity index (χ1v) is 8.65. The number of likely N-dealkylation sites (tertiary alicyclic amines) is 1. The fraction of sp³-hybridized carbons (Fsp3) is 0.444. The van der Waals surface area contributed by atoms with Gasteiger partial charge in [-0.2, -0.15) is 13.2 Å². The number of nitrogens with zero attached hydrogens (tertiary/aromatic N) is 3. The summed E-state index contributed by atoms with van der Waals surface area (Å²) in [5.41, 5.74) is 16.2. The fourth-order valence-corrected chi connectivity index (χ4v) is 2.91. The predicted octanol–water partition coefficient (Wildman–Crippen LogP) is 3.32. The summed E-state index contributed by atoms with van der Waals surface area (Å²) in [6.07, 6.45) is -0.282. The van der Waals surface area contributed by atoms with E-state index in [2.05, 4.69) is 22.1 Å². The molecule has 1 saturated heterocycles. The highest BCUT2D eigenvalue weighted by molar-refractivity contribution is 5.86. The molecule has 1 aliphatic rings. The Bertz CT molecular complexity index is 785. The Balaban J connectivity index is 0.000000313. The summed E-state index contributed by atoms with van der Waals surface area (Å²) >= 11 is 0. The summed E-state index contributed by atoms with van der Waals surface area (Å²) < 4.78 is 38.1. The number of hydrogen-bond acceptors (Lipinski definition) is 6. The van der Waals surface area contributed by atoms with Crippen molar-refractivity contribution < 1.29 is 13.2 Å². The van der Waals surface area contributed by atoms with Gasteiger partial charge in [-0.15, -0.1) is 10.2 Å². The summed E-state index contributed by atoms with van der Waals surface area (Å²) in [6, 6.07) is 3.65. The van der Waals surface area contributed by atoms with E-state index in [0.717, 1.165) is 6.07 Å². The first kappa shape index (κ1) is 20.8. The molecule has 27 heavy (non-hydrogen) atoms. The van der Waals surface area contributed by atoms with Crippen LogP contribution in [0.25, 0.3) is 11.3 Å². The molecule has 0 radical (unpaired) electrons. The molecule has 3 rings (SSSR count). The zero-order chi connectivity index (χ0) is 20.2. The number of aromatic nitrogens is 2. The fourth-order valence-electron chi connectivity index (χ4n) is 2.91. The molecule has 6 N–H and O–H groups in total. The van der Waals surface area contributed by atoms with Crippen molar-refractivity contribution in [2.24, 2.45) is 0 Å². The standard InChI is InChI=1S/C12H12F3N5.C6H13N/c1-5-4-8(16)19-20-11(5)6-2-3-7(12(13,14)15)10(18)9(6)17;1-7-5-3-2-4-6-7/h2-4H,17-18H2,1H3,(H2,16,19);2-6H2,1H3. The van der Waals surface area contributed by atoms with E-state index in [1.165, 1.54) is 38.4 Å². The molecule has 2 aromatic rings. The number of nitrogen functional groups attached to an aromatic ring is 3. The van der Waals surface area contributed by atoms with E-state index < -0.39 is 17.4 Å². The number of benzene rings is 1. The Morgan fingerprint density at radius 3 is 2.07 bits per heavy atom. The second-order valence-corrected chi connectivity index (χ2v) is 6.65. The molecule has 0 aliphatic carbocycles. The van der Waals surface area contributed by atoms with Crippen LogP contribution in [0, 0.1) is 6.92 Å². The third kappa shape index (κ3) is 5.22. The molecule has 9 heteroatoms. The van der Waals surface area contributed by atoms with Crippen LogP contribution >= 0.6 is 0 Å². The molecule has 2 heterocycles. The molecule has 0 amide bonds. The number of anilines is 3. The molecule has 0 bridgehead atoms. The lowest BCUT2D eigenvalue weighted by Gasteiger charge is -2.20. The molecule has 0 unspecified atom stereocenters. The predicted molar refractivity (Wildman–Crippen MR) is 102 cm³/mol. The molecule has 6 nitrogen and oxygen atoms in total. The van der Waals surface area contributed by atoms with Gasteiger partial charge < -0.3 is 22.1 Å². The SMILES string of the molecule is CN1CCCCC1.Cc1cc(N)nnc1-c1ccc(C(F)(F)F)c(N)c1N. The lowest BCUT2D eigenvalue weighted by atomic mass is 10.0. The Labute approximate surface area is 156 Å². The van der Waals surface area contributed by atoms with Crippen LogP contribution in [-0.2, 0) is 6.18 Å². The van der Waals surface area contributed by atoms with Gasteiger partial charge in [0.25, 0.3) is 0 Å². The minimum atomic E-state index is -4.56. The molecule has 0 atom stereocenters. The lowest BCUT2D eigenvalue weighted by molar-refractivity contribution is -0.136. The maximum absolute atomic E-state index is 12.7. The molecule has 148 valence electrons. The monoisotopic (exact) mass is 382 g/mol. The zero-order valence-corrected chi connectivity index (χ0v) is 15.5. The van der Waals surface area contributed by atoms with Gasteiger partial charge in [-0.05, 0) is 63.7 Å². The van der Waals surface area contributed by atoms with Crippen molar-refractivity contribution in [3.8, 4) is 11.3 Å². The van der Waals surface area contributed by atoms with Crippen LogP contribution < -0.4 is 17.2 Å². The van der Waals surface area contributed by atoms with Gasteiger partial charge in [0.2, 0.25) is 0 Å². The summed E-state index contributed by atoms with van der Waals surface area (Å²) in [6.45, 7) is 4.34. The third-order valence-electron chi connectivity index (χ3n) is 4.43. The van der Waals surface area contributed by atoms with Crippen LogP contribution in [0.4, 0.5) is 30.4 Å². The van der Waals surface area contributed by atoms with E-state index >= 15 is 0 Å². The number of aryl methyl sites for hydroxylation is 1. The van der Waals surface area contributed by atoms with Gasteiger partial charge >= 0.3 is 6.18 Å². The van der Waals surface area contributed by atoms with Crippen molar-refractivity contribution in [1.29, 1.82) is 0 Å². The molecule has 1 fully saturated rings. The first-order chi connectivity index (χ1) is 12.6. The highest BCUT2D eigenvalue weighted by Gasteiger charge is 2.34. The van der Waals surface area contributed by atoms with Gasteiger partial charge in [0.15, 0.2) is 0 Å². The third-order valence-corrected chi connectivity index (χ3v) is 4.43. The van der Waals surface area contributed by atoms with Crippen molar-refractivity contribution in [3.63, 3.8) is 0 Å². The van der Waals surface area contributed by atoms with E-state index in [-0.39, 0.29) is 11.5 Å². The van der Waals surface area contributed by atoms with Gasteiger partial charge in [0, 0.05) is 5.56 Å². The van der Waals surface area contributed by atoms with E-state index in [9.17, 15) is 13.2 Å². The molecular weight excluding hydrogens is 357 g/mol. The molecule has 1 aromatic carbocycles. The average Bonchev–Trinajstić information content (AvgIpc) is 2.58. The topological polar surface area (TPSA) is 107 Å². The molecule has 1 aromatic heterocycles. The number of halogens is 3. The van der Waals surface area contributed by atoms with Crippen molar-refractivity contribution in [2.45, 2.75) is 32.4 Å². The Kier molecular flexibility index (Phi) is 6.48. The Hall–Kier alpha value is -2.55. The number of alkyl halides is 3. The number of rotatable bonds is 1. The van der Waals surface area contributed by atoms with Crippen molar-refractivity contribution in [1.82, 2.24) is 15.1 Å².